The highest BCUT2D eigenvalue weighted by Crippen LogP contribution is 2.59. The van der Waals surface area contributed by atoms with Gasteiger partial charge in [-0.15, -0.1) is 0 Å². The third-order valence-electron chi connectivity index (χ3n) is 12.2. The van der Waals surface area contributed by atoms with E-state index in [1.807, 2.05) is 0 Å². The highest BCUT2D eigenvalue weighted by molar-refractivity contribution is 6.13. The first-order valence-corrected chi connectivity index (χ1v) is 24.2. The molecular weight excluding hydrogens is 785 g/mol. The molecular formula is C56H72O7. The summed E-state index contributed by atoms with van der Waals surface area (Å²) in [5.41, 5.74) is -0.127. The minimum atomic E-state index is -1.64. The maximum atomic E-state index is 14.7. The summed E-state index contributed by atoms with van der Waals surface area (Å²) in [4.78, 5) is 42.7. The van der Waals surface area contributed by atoms with Crippen LogP contribution in [0, 0.1) is 0 Å². The maximum Gasteiger partial charge on any atom is 0.340 e. The zero-order chi connectivity index (χ0) is 44.7. The van der Waals surface area contributed by atoms with E-state index in [-0.39, 0.29) is 64.1 Å². The minimum Gasteiger partial charge on any atom is -0.508 e. The highest BCUT2D eigenvalue weighted by Gasteiger charge is 2.56. The second-order valence-electron chi connectivity index (χ2n) is 17.2. The van der Waals surface area contributed by atoms with Crippen LogP contribution < -0.4 is 4.74 Å². The Hall–Kier alpha value is -5.17. The van der Waals surface area contributed by atoms with Gasteiger partial charge in [-0.3, -0.25) is 9.59 Å². The van der Waals surface area contributed by atoms with Crippen LogP contribution >= 0.6 is 0 Å². The van der Waals surface area contributed by atoms with Gasteiger partial charge in [0.25, 0.3) is 0 Å². The van der Waals surface area contributed by atoms with Crippen molar-refractivity contribution in [3.63, 3.8) is 0 Å². The van der Waals surface area contributed by atoms with Crippen LogP contribution in [0.2, 0.25) is 0 Å². The van der Waals surface area contributed by atoms with Gasteiger partial charge < -0.3 is 19.7 Å². The van der Waals surface area contributed by atoms with E-state index in [4.69, 9.17) is 9.47 Å². The summed E-state index contributed by atoms with van der Waals surface area (Å²) in [5.74, 6) is -1.28. The predicted molar refractivity (Wildman–Crippen MR) is 255 cm³/mol. The van der Waals surface area contributed by atoms with Gasteiger partial charge >= 0.3 is 5.97 Å². The van der Waals surface area contributed by atoms with Crippen LogP contribution in [0.5, 0.6) is 23.0 Å². The Labute approximate surface area is 377 Å². The van der Waals surface area contributed by atoms with E-state index in [1.165, 1.54) is 56.7 Å². The van der Waals surface area contributed by atoms with E-state index in [1.54, 1.807) is 30.3 Å². The molecule has 0 saturated carbocycles. The molecule has 7 nitrogen and oxygen atoms in total. The molecule has 63 heavy (non-hydrogen) atoms. The topological polar surface area (TPSA) is 110 Å². The number of aromatic hydroxyl groups is 2. The normalized spacial score (nSPS) is 15.4. The molecule has 2 aliphatic rings. The van der Waals surface area contributed by atoms with Crippen molar-refractivity contribution in [1.29, 1.82) is 0 Å². The van der Waals surface area contributed by atoms with Crippen molar-refractivity contribution in [2.24, 2.45) is 0 Å². The molecule has 1 atom stereocenters. The van der Waals surface area contributed by atoms with Crippen LogP contribution in [0.1, 0.15) is 216 Å². The monoisotopic (exact) mass is 857 g/mol. The second kappa shape index (κ2) is 26.5. The fourth-order valence-corrected chi connectivity index (χ4v) is 8.82. The van der Waals surface area contributed by atoms with Crippen LogP contribution in [0.25, 0.3) is 0 Å². The number of unbranched alkanes of at least 4 members (excludes halogenated alkanes) is 16. The van der Waals surface area contributed by atoms with Crippen LogP contribution in [0.15, 0.2) is 97.1 Å². The van der Waals surface area contributed by atoms with E-state index in [0.717, 1.165) is 89.9 Å². The van der Waals surface area contributed by atoms with Crippen molar-refractivity contribution in [3.8, 4) is 23.0 Å². The third-order valence-corrected chi connectivity index (χ3v) is 12.2. The number of benzene rings is 3. The number of ether oxygens (including phenoxy) is 2. The Balaban J connectivity index is 1.27. The number of carbonyl (C=O) groups excluding carboxylic acids is 3. The second-order valence-corrected chi connectivity index (χ2v) is 17.2. The number of fused-ring (bicyclic) bond motifs is 6. The van der Waals surface area contributed by atoms with E-state index in [0.29, 0.717) is 29.5 Å². The smallest absolute Gasteiger partial charge is 0.340 e. The Morgan fingerprint density at radius 3 is 1.63 bits per heavy atom. The molecule has 0 aliphatic carbocycles. The van der Waals surface area contributed by atoms with Gasteiger partial charge in [0.2, 0.25) is 0 Å². The number of carbonyl (C=O) groups is 3. The molecule has 0 fully saturated rings. The van der Waals surface area contributed by atoms with E-state index in [9.17, 15) is 24.6 Å². The Bertz CT molecular complexity index is 2070. The van der Waals surface area contributed by atoms with Crippen molar-refractivity contribution in [1.82, 2.24) is 0 Å². The van der Waals surface area contributed by atoms with Crippen LogP contribution in [0.3, 0.4) is 0 Å². The quantitative estimate of drug-likeness (QED) is 0.0297. The van der Waals surface area contributed by atoms with Crippen LogP contribution in [0.4, 0.5) is 0 Å². The lowest BCUT2D eigenvalue weighted by atomic mass is 9.73. The van der Waals surface area contributed by atoms with E-state index >= 15 is 0 Å². The standard InChI is InChI=1S/C56H72O7/c1-3-5-7-9-11-13-15-17-19-21-23-25-27-29-31-37-47(58)52-49(60)42-51-54(53(52)48(59)38-32-30-28-26-24-22-20-18-16-14-12-10-8-6-4-2)56(46-40-39-43(57)41-50(46)62-51)45-36-34-33-35-44(45)55(61)63-56/h11-14,17-20,33-36,39-42,57,60H,3-10,15-16,21-32,37-38H2,1-2H3/b13-11-,14-12-,19-17-,20-18-. The molecule has 2 heterocycles. The number of allylic oxidation sites excluding steroid dienone is 8. The molecule has 7 heteroatoms. The zero-order valence-electron chi connectivity index (χ0n) is 38.1. The number of esters is 1. The lowest BCUT2D eigenvalue weighted by Gasteiger charge is -2.38. The maximum absolute atomic E-state index is 14.7. The highest BCUT2D eigenvalue weighted by atomic mass is 16.6. The molecule has 5 rings (SSSR count). The molecule has 2 aliphatic heterocycles. The fraction of sp³-hybridized carbons (Fsp3) is 0.482. The summed E-state index contributed by atoms with van der Waals surface area (Å²) in [6.45, 7) is 4.45. The van der Waals surface area contributed by atoms with Gasteiger partial charge in [0.1, 0.15) is 23.0 Å². The summed E-state index contributed by atoms with van der Waals surface area (Å²) in [6.07, 6.45) is 41.4. The average molecular weight is 857 g/mol. The van der Waals surface area contributed by atoms with Crippen molar-refractivity contribution < 1.29 is 34.1 Å². The summed E-state index contributed by atoms with van der Waals surface area (Å²) >= 11 is 0. The molecule has 0 aromatic heterocycles. The molecule has 0 bridgehead atoms. The number of Topliss-reactive ketones (excluding diaryl/α,β-unsaturated/α-hetero) is 2. The van der Waals surface area contributed by atoms with Gasteiger partial charge in [-0.1, -0.05) is 145 Å². The van der Waals surface area contributed by atoms with Crippen molar-refractivity contribution >= 4 is 17.5 Å². The van der Waals surface area contributed by atoms with Gasteiger partial charge in [-0.2, -0.15) is 0 Å². The van der Waals surface area contributed by atoms with E-state index in [2.05, 4.69) is 62.5 Å². The third kappa shape index (κ3) is 13.7. The van der Waals surface area contributed by atoms with E-state index < -0.39 is 11.6 Å². The number of phenolic OH excluding ortho intramolecular Hbond substituents is 2. The van der Waals surface area contributed by atoms with Crippen LogP contribution in [-0.2, 0) is 10.3 Å². The molecule has 0 radical (unpaired) electrons. The Morgan fingerprint density at radius 1 is 0.556 bits per heavy atom. The number of hydrogen-bond donors (Lipinski definition) is 2. The van der Waals surface area contributed by atoms with Crippen molar-refractivity contribution in [2.75, 3.05) is 0 Å². The Kier molecular flexibility index (Phi) is 20.5. The molecule has 0 amide bonds. The minimum absolute atomic E-state index is 0.0449. The fourth-order valence-electron chi connectivity index (χ4n) is 8.82. The largest absolute Gasteiger partial charge is 0.508 e. The average Bonchev–Trinajstić information content (AvgIpc) is 3.57. The number of ketones is 2. The summed E-state index contributed by atoms with van der Waals surface area (Å²) < 4.78 is 12.7. The van der Waals surface area contributed by atoms with Crippen LogP contribution in [-0.4, -0.2) is 27.7 Å². The lowest BCUT2D eigenvalue weighted by Crippen LogP contribution is -2.35. The molecule has 2 N–H and O–H groups in total. The number of phenols is 2. The Morgan fingerprint density at radius 2 is 1.06 bits per heavy atom. The molecule has 338 valence electrons. The molecule has 1 unspecified atom stereocenters. The first-order valence-electron chi connectivity index (χ1n) is 24.2. The van der Waals surface area contributed by atoms with Crippen molar-refractivity contribution in [3.05, 3.63) is 131 Å². The first kappa shape index (κ1) is 48.9. The van der Waals surface area contributed by atoms with Gasteiger partial charge in [0.05, 0.1) is 16.7 Å². The molecule has 1 spiro atoms. The zero-order valence-corrected chi connectivity index (χ0v) is 38.1. The molecule has 3 aromatic rings. The summed E-state index contributed by atoms with van der Waals surface area (Å²) in [6, 6.07) is 12.9. The summed E-state index contributed by atoms with van der Waals surface area (Å²) in [7, 11) is 0. The molecule has 3 aromatic carbocycles. The SMILES string of the molecule is CCCCC/C=C\C/C=C\CCCCCCCC(=O)c1c(O)cc2c(c1C(=O)CCCCCCC/C=C\C/C=C\CCCCC)C1(OC(=O)c3ccccc31)c1ccc(O)cc1O2. The van der Waals surface area contributed by atoms with Crippen molar-refractivity contribution in [2.45, 2.75) is 174 Å². The predicted octanol–water partition coefficient (Wildman–Crippen LogP) is 15.7. The molecule has 0 saturated heterocycles. The van der Waals surface area contributed by atoms with Gasteiger partial charge in [-0.05, 0) is 95.2 Å². The van der Waals surface area contributed by atoms with Gasteiger partial charge in [0, 0.05) is 41.7 Å². The summed E-state index contributed by atoms with van der Waals surface area (Å²) in [5, 5.41) is 22.1. The lowest BCUT2D eigenvalue weighted by molar-refractivity contribution is 0.0220. The number of hydrogen-bond acceptors (Lipinski definition) is 7. The van der Waals surface area contributed by atoms with Gasteiger partial charge in [-0.25, -0.2) is 4.79 Å². The first-order chi connectivity index (χ1) is 30.8. The number of rotatable bonds is 30. The van der Waals surface area contributed by atoms with Gasteiger partial charge in [0.15, 0.2) is 17.2 Å².